The standard InChI is InChI=1S/C15H24N2O5S2/c1-10(8-23-11(2)18)13(19)17-12(22-14(20)21)9-24-15(17)4-6-16(3)7-5-15/h10,12H,4-9H2,1-3H3,(H,20,21)/t10-,12-/m1/s1. The molecule has 2 atom stereocenters. The lowest BCUT2D eigenvalue weighted by Crippen LogP contribution is -2.56. The van der Waals surface area contributed by atoms with Gasteiger partial charge in [-0.2, -0.15) is 0 Å². The van der Waals surface area contributed by atoms with E-state index < -0.39 is 17.3 Å². The van der Waals surface area contributed by atoms with E-state index in [-0.39, 0.29) is 16.9 Å². The van der Waals surface area contributed by atoms with E-state index in [1.54, 1.807) is 23.6 Å². The Bertz CT molecular complexity index is 508. The maximum atomic E-state index is 13.0. The van der Waals surface area contributed by atoms with Crippen LogP contribution in [0.1, 0.15) is 26.7 Å². The van der Waals surface area contributed by atoms with E-state index in [0.717, 1.165) is 37.7 Å². The quantitative estimate of drug-likeness (QED) is 0.745. The Balaban J connectivity index is 2.18. The topological polar surface area (TPSA) is 87.1 Å². The first-order valence-electron chi connectivity index (χ1n) is 7.94. The SMILES string of the molecule is CC(=O)SC[C@@H](C)C(=O)N1[C@H](OC(=O)O)CSC12CCN(C)CC2. The number of amides is 1. The van der Waals surface area contributed by atoms with E-state index in [2.05, 4.69) is 4.90 Å². The van der Waals surface area contributed by atoms with E-state index in [1.807, 2.05) is 7.05 Å². The van der Waals surface area contributed by atoms with Crippen molar-refractivity contribution >= 4 is 40.7 Å². The van der Waals surface area contributed by atoms with Gasteiger partial charge in [0.05, 0.1) is 10.6 Å². The number of nitrogens with zero attached hydrogens (tertiary/aromatic N) is 2. The van der Waals surface area contributed by atoms with Crippen molar-refractivity contribution in [3.63, 3.8) is 0 Å². The molecule has 9 heteroatoms. The third kappa shape index (κ3) is 4.37. The predicted octanol–water partition coefficient (Wildman–Crippen LogP) is 1.92. The van der Waals surface area contributed by atoms with Gasteiger partial charge in [-0.25, -0.2) is 4.79 Å². The number of piperidine rings is 1. The molecule has 0 bridgehead atoms. The number of likely N-dealkylation sites (tertiary alicyclic amines) is 1. The summed E-state index contributed by atoms with van der Waals surface area (Å²) in [6.07, 6.45) is -0.555. The van der Waals surface area contributed by atoms with Gasteiger partial charge in [-0.15, -0.1) is 11.8 Å². The molecule has 0 radical (unpaired) electrons. The fourth-order valence-electron chi connectivity index (χ4n) is 3.08. The molecule has 24 heavy (non-hydrogen) atoms. The van der Waals surface area contributed by atoms with Crippen molar-refractivity contribution in [1.82, 2.24) is 9.80 Å². The van der Waals surface area contributed by atoms with Gasteiger partial charge in [0.25, 0.3) is 0 Å². The molecule has 2 rings (SSSR count). The fourth-order valence-corrected chi connectivity index (χ4v) is 5.20. The number of hydrogen-bond acceptors (Lipinski definition) is 7. The Morgan fingerprint density at radius 3 is 2.54 bits per heavy atom. The molecule has 0 aromatic carbocycles. The molecule has 0 aliphatic carbocycles. The molecule has 1 N–H and O–H groups in total. The van der Waals surface area contributed by atoms with Crippen LogP contribution in [0.3, 0.4) is 0 Å². The van der Waals surface area contributed by atoms with Gasteiger partial charge in [-0.1, -0.05) is 18.7 Å². The number of ether oxygens (including phenoxy) is 1. The van der Waals surface area contributed by atoms with Crippen molar-refractivity contribution in [1.29, 1.82) is 0 Å². The van der Waals surface area contributed by atoms with Crippen molar-refractivity contribution in [2.45, 2.75) is 37.8 Å². The van der Waals surface area contributed by atoms with Crippen LogP contribution in [0.15, 0.2) is 0 Å². The van der Waals surface area contributed by atoms with Crippen LogP contribution in [0.5, 0.6) is 0 Å². The number of rotatable bonds is 4. The Morgan fingerprint density at radius 1 is 1.38 bits per heavy atom. The second-order valence-electron chi connectivity index (χ2n) is 6.31. The van der Waals surface area contributed by atoms with E-state index in [1.165, 1.54) is 6.92 Å². The van der Waals surface area contributed by atoms with Crippen molar-refractivity contribution < 1.29 is 24.2 Å². The van der Waals surface area contributed by atoms with Crippen molar-refractivity contribution in [2.75, 3.05) is 31.6 Å². The minimum Gasteiger partial charge on any atom is -0.450 e. The average Bonchev–Trinajstić information content (AvgIpc) is 2.84. The molecule has 2 saturated heterocycles. The maximum Gasteiger partial charge on any atom is 0.507 e. The number of carbonyl (C=O) groups is 3. The van der Waals surface area contributed by atoms with E-state index in [9.17, 15) is 14.4 Å². The van der Waals surface area contributed by atoms with Gasteiger partial charge in [0.15, 0.2) is 11.3 Å². The summed E-state index contributed by atoms with van der Waals surface area (Å²) in [6, 6.07) is 0. The summed E-state index contributed by atoms with van der Waals surface area (Å²) in [6.45, 7) is 4.96. The van der Waals surface area contributed by atoms with Gasteiger partial charge >= 0.3 is 6.16 Å². The number of carbonyl (C=O) groups excluding carboxylic acids is 2. The monoisotopic (exact) mass is 376 g/mol. The molecular formula is C15H24N2O5S2. The van der Waals surface area contributed by atoms with Crippen LogP contribution in [0.4, 0.5) is 4.79 Å². The van der Waals surface area contributed by atoms with Crippen LogP contribution in [0.25, 0.3) is 0 Å². The summed E-state index contributed by atoms with van der Waals surface area (Å²) in [7, 11) is 2.04. The van der Waals surface area contributed by atoms with Gasteiger partial charge in [0, 0.05) is 31.7 Å². The molecule has 1 amide bonds. The second-order valence-corrected chi connectivity index (χ2v) is 8.89. The van der Waals surface area contributed by atoms with Crippen molar-refractivity contribution in [3.8, 4) is 0 Å². The molecule has 1 spiro atoms. The Hall–Kier alpha value is -0.930. The molecule has 0 aromatic heterocycles. The predicted molar refractivity (Wildman–Crippen MR) is 94.0 cm³/mol. The summed E-state index contributed by atoms with van der Waals surface area (Å²) >= 11 is 2.73. The Labute approximate surface area is 150 Å². The lowest BCUT2D eigenvalue weighted by molar-refractivity contribution is -0.150. The van der Waals surface area contributed by atoms with E-state index in [4.69, 9.17) is 9.84 Å². The molecule has 2 aliphatic rings. The molecule has 0 unspecified atom stereocenters. The molecule has 2 heterocycles. The van der Waals surface area contributed by atoms with Crippen LogP contribution < -0.4 is 0 Å². The van der Waals surface area contributed by atoms with Crippen LogP contribution in [0.2, 0.25) is 0 Å². The molecule has 2 aliphatic heterocycles. The van der Waals surface area contributed by atoms with Crippen LogP contribution in [-0.2, 0) is 14.3 Å². The minimum atomic E-state index is -1.37. The van der Waals surface area contributed by atoms with E-state index >= 15 is 0 Å². The molecular weight excluding hydrogens is 352 g/mol. The summed E-state index contributed by atoms with van der Waals surface area (Å²) in [5, 5.41) is 8.96. The highest BCUT2D eigenvalue weighted by Gasteiger charge is 2.52. The zero-order chi connectivity index (χ0) is 17.9. The van der Waals surface area contributed by atoms with Crippen LogP contribution in [-0.4, -0.2) is 74.8 Å². The normalized spacial score (nSPS) is 24.8. The van der Waals surface area contributed by atoms with Gasteiger partial charge in [0.1, 0.15) is 0 Å². The van der Waals surface area contributed by atoms with Gasteiger partial charge in [-0.3, -0.25) is 14.5 Å². The summed E-state index contributed by atoms with van der Waals surface area (Å²) in [5.74, 6) is 0.345. The summed E-state index contributed by atoms with van der Waals surface area (Å²) in [4.78, 5) is 38.6. The largest absolute Gasteiger partial charge is 0.507 e. The Kier molecular flexibility index (Phi) is 6.44. The third-order valence-corrected chi connectivity index (χ3v) is 7.09. The fraction of sp³-hybridized carbons (Fsp3) is 0.800. The van der Waals surface area contributed by atoms with Crippen LogP contribution in [0, 0.1) is 5.92 Å². The molecule has 7 nitrogen and oxygen atoms in total. The first-order chi connectivity index (χ1) is 11.2. The highest BCUT2D eigenvalue weighted by molar-refractivity contribution is 8.13. The van der Waals surface area contributed by atoms with Gasteiger partial charge < -0.3 is 14.7 Å². The van der Waals surface area contributed by atoms with Crippen molar-refractivity contribution in [3.05, 3.63) is 0 Å². The zero-order valence-electron chi connectivity index (χ0n) is 14.2. The number of hydrogen-bond donors (Lipinski definition) is 1. The highest BCUT2D eigenvalue weighted by atomic mass is 32.2. The summed E-state index contributed by atoms with van der Waals surface area (Å²) in [5.41, 5.74) is 0. The summed E-state index contributed by atoms with van der Waals surface area (Å²) < 4.78 is 4.99. The number of carboxylic acid groups (broad SMARTS) is 1. The van der Waals surface area contributed by atoms with E-state index in [0.29, 0.717) is 11.5 Å². The van der Waals surface area contributed by atoms with Crippen molar-refractivity contribution in [2.24, 2.45) is 5.92 Å². The van der Waals surface area contributed by atoms with Gasteiger partial charge in [0.2, 0.25) is 5.91 Å². The lowest BCUT2D eigenvalue weighted by Gasteiger charge is -2.44. The molecule has 2 fully saturated rings. The smallest absolute Gasteiger partial charge is 0.450 e. The lowest BCUT2D eigenvalue weighted by atomic mass is 10.0. The average molecular weight is 377 g/mol. The number of thioether (sulfide) groups is 2. The van der Waals surface area contributed by atoms with Crippen LogP contribution >= 0.6 is 23.5 Å². The highest BCUT2D eigenvalue weighted by Crippen LogP contribution is 2.47. The molecule has 0 aromatic rings. The first kappa shape index (κ1) is 19.4. The first-order valence-corrected chi connectivity index (χ1v) is 9.91. The molecule has 0 saturated carbocycles. The Morgan fingerprint density at radius 2 is 2.00 bits per heavy atom. The zero-order valence-corrected chi connectivity index (χ0v) is 15.8. The van der Waals surface area contributed by atoms with Gasteiger partial charge in [-0.05, 0) is 19.9 Å². The second kappa shape index (κ2) is 7.97. The molecule has 136 valence electrons. The minimum absolute atomic E-state index is 0.0298. The third-order valence-electron chi connectivity index (χ3n) is 4.42. The maximum absolute atomic E-state index is 13.0.